The lowest BCUT2D eigenvalue weighted by atomic mass is 10.0. The van der Waals surface area contributed by atoms with Crippen molar-refractivity contribution in [3.8, 4) is 0 Å². The molecule has 136 valence electrons. The Morgan fingerprint density at radius 3 is 2.81 bits per heavy atom. The summed E-state index contributed by atoms with van der Waals surface area (Å²) in [7, 11) is 0. The zero-order chi connectivity index (χ0) is 18.8. The third-order valence-electron chi connectivity index (χ3n) is 5.25. The van der Waals surface area contributed by atoms with Gasteiger partial charge in [0, 0.05) is 29.7 Å². The molecule has 4 nitrogen and oxygen atoms in total. The minimum atomic E-state index is -0.113. The van der Waals surface area contributed by atoms with E-state index < -0.39 is 0 Å². The molecular weight excluding hydrogens is 334 g/mol. The Balaban J connectivity index is 1.62. The summed E-state index contributed by atoms with van der Waals surface area (Å²) < 4.78 is 0. The molecule has 1 N–H and O–H groups in total. The van der Waals surface area contributed by atoms with Gasteiger partial charge in [-0.25, -0.2) is 4.98 Å². The van der Waals surface area contributed by atoms with E-state index in [1.54, 1.807) is 12.3 Å². The average molecular weight is 357 g/mol. The normalized spacial score (nSPS) is 13.2. The minimum Gasteiger partial charge on any atom is -0.326 e. The number of pyridine rings is 1. The SMILES string of the molecule is Cc1cccc(NC(=O)c2ccnc(N3CCCc4ccccc43)c2)c1C. The van der Waals surface area contributed by atoms with Gasteiger partial charge in [0.2, 0.25) is 0 Å². The van der Waals surface area contributed by atoms with Crippen molar-refractivity contribution in [1.82, 2.24) is 4.98 Å². The average Bonchev–Trinajstić information content (AvgIpc) is 2.71. The summed E-state index contributed by atoms with van der Waals surface area (Å²) in [5.41, 5.74) is 6.22. The van der Waals surface area contributed by atoms with E-state index in [1.165, 1.54) is 11.3 Å². The molecule has 0 fully saturated rings. The van der Waals surface area contributed by atoms with Gasteiger partial charge < -0.3 is 10.2 Å². The Kier molecular flexibility index (Phi) is 4.63. The molecule has 4 heteroatoms. The highest BCUT2D eigenvalue weighted by molar-refractivity contribution is 6.05. The number of aromatic nitrogens is 1. The monoisotopic (exact) mass is 357 g/mol. The van der Waals surface area contributed by atoms with Gasteiger partial charge in [0.25, 0.3) is 5.91 Å². The largest absolute Gasteiger partial charge is 0.326 e. The van der Waals surface area contributed by atoms with E-state index in [0.717, 1.165) is 42.0 Å². The number of aryl methyl sites for hydroxylation is 2. The van der Waals surface area contributed by atoms with Crippen LogP contribution in [-0.2, 0) is 6.42 Å². The molecule has 4 rings (SSSR count). The highest BCUT2D eigenvalue weighted by Gasteiger charge is 2.19. The van der Waals surface area contributed by atoms with E-state index in [9.17, 15) is 4.79 Å². The van der Waals surface area contributed by atoms with Crippen molar-refractivity contribution in [2.24, 2.45) is 0 Å². The van der Waals surface area contributed by atoms with Gasteiger partial charge in [0.1, 0.15) is 5.82 Å². The van der Waals surface area contributed by atoms with Crippen LogP contribution in [0.5, 0.6) is 0 Å². The van der Waals surface area contributed by atoms with Crippen molar-refractivity contribution in [2.75, 3.05) is 16.8 Å². The van der Waals surface area contributed by atoms with Crippen LogP contribution in [0, 0.1) is 13.8 Å². The number of hydrogen-bond acceptors (Lipinski definition) is 3. The summed E-state index contributed by atoms with van der Waals surface area (Å²) in [6, 6.07) is 18.0. The zero-order valence-electron chi connectivity index (χ0n) is 15.7. The van der Waals surface area contributed by atoms with E-state index in [0.29, 0.717) is 5.56 Å². The lowest BCUT2D eigenvalue weighted by Crippen LogP contribution is -2.25. The van der Waals surface area contributed by atoms with E-state index in [-0.39, 0.29) is 5.91 Å². The first-order valence-electron chi connectivity index (χ1n) is 9.32. The van der Waals surface area contributed by atoms with Crippen LogP contribution in [0.4, 0.5) is 17.2 Å². The Hall–Kier alpha value is -3.14. The van der Waals surface area contributed by atoms with Crippen molar-refractivity contribution in [3.63, 3.8) is 0 Å². The third kappa shape index (κ3) is 3.43. The minimum absolute atomic E-state index is 0.113. The van der Waals surface area contributed by atoms with E-state index >= 15 is 0 Å². The first kappa shape index (κ1) is 17.3. The van der Waals surface area contributed by atoms with Gasteiger partial charge in [-0.15, -0.1) is 0 Å². The topological polar surface area (TPSA) is 45.2 Å². The molecule has 3 aromatic rings. The van der Waals surface area contributed by atoms with Crippen LogP contribution < -0.4 is 10.2 Å². The van der Waals surface area contributed by atoms with Crippen LogP contribution in [0.3, 0.4) is 0 Å². The molecule has 0 bridgehead atoms. The number of nitrogens with zero attached hydrogens (tertiary/aromatic N) is 2. The molecule has 1 amide bonds. The van der Waals surface area contributed by atoms with E-state index in [2.05, 4.69) is 33.4 Å². The Bertz CT molecular complexity index is 996. The highest BCUT2D eigenvalue weighted by Crippen LogP contribution is 2.32. The van der Waals surface area contributed by atoms with E-state index in [4.69, 9.17) is 0 Å². The van der Waals surface area contributed by atoms with E-state index in [1.807, 2.05) is 44.2 Å². The van der Waals surface area contributed by atoms with Crippen LogP contribution >= 0.6 is 0 Å². The second-order valence-electron chi connectivity index (χ2n) is 6.99. The number of anilines is 3. The summed E-state index contributed by atoms with van der Waals surface area (Å²) in [6.07, 6.45) is 3.88. The lowest BCUT2D eigenvalue weighted by molar-refractivity contribution is 0.102. The molecule has 0 spiro atoms. The first-order chi connectivity index (χ1) is 13.1. The third-order valence-corrected chi connectivity index (χ3v) is 5.25. The van der Waals surface area contributed by atoms with Crippen LogP contribution in [0.15, 0.2) is 60.8 Å². The maximum Gasteiger partial charge on any atom is 0.255 e. The molecule has 0 saturated heterocycles. The number of carbonyl (C=O) groups excluding carboxylic acids is 1. The fourth-order valence-electron chi connectivity index (χ4n) is 3.56. The number of para-hydroxylation sites is 1. The van der Waals surface area contributed by atoms with Gasteiger partial charge in [-0.3, -0.25) is 4.79 Å². The predicted octanol–water partition coefficient (Wildman–Crippen LogP) is 5.04. The first-order valence-corrected chi connectivity index (χ1v) is 9.32. The number of amides is 1. The maximum absolute atomic E-state index is 12.8. The number of hydrogen-bond donors (Lipinski definition) is 1. The zero-order valence-corrected chi connectivity index (χ0v) is 15.7. The standard InChI is InChI=1S/C23H23N3O/c1-16-7-5-10-20(17(16)2)25-23(27)19-12-13-24-22(15-19)26-14-6-9-18-8-3-4-11-21(18)26/h3-5,7-8,10-13,15H,6,9,14H2,1-2H3,(H,25,27). The van der Waals surface area contributed by atoms with Gasteiger partial charge >= 0.3 is 0 Å². The highest BCUT2D eigenvalue weighted by atomic mass is 16.1. The van der Waals surface area contributed by atoms with Crippen LogP contribution in [0.25, 0.3) is 0 Å². The van der Waals surface area contributed by atoms with Crippen molar-refractivity contribution in [2.45, 2.75) is 26.7 Å². The van der Waals surface area contributed by atoms with Crippen molar-refractivity contribution in [3.05, 3.63) is 83.0 Å². The van der Waals surface area contributed by atoms with Gasteiger partial charge in [-0.05, 0) is 67.6 Å². The summed E-state index contributed by atoms with van der Waals surface area (Å²) in [5.74, 6) is 0.702. The second-order valence-corrected chi connectivity index (χ2v) is 6.99. The molecule has 2 heterocycles. The predicted molar refractivity (Wildman–Crippen MR) is 110 cm³/mol. The number of fused-ring (bicyclic) bond motifs is 1. The molecule has 0 saturated carbocycles. The Morgan fingerprint density at radius 2 is 1.93 bits per heavy atom. The quantitative estimate of drug-likeness (QED) is 0.715. The Morgan fingerprint density at radius 1 is 1.07 bits per heavy atom. The number of carbonyl (C=O) groups is 1. The van der Waals surface area contributed by atoms with Gasteiger partial charge in [-0.2, -0.15) is 0 Å². The van der Waals surface area contributed by atoms with Crippen molar-refractivity contribution < 1.29 is 4.79 Å². The summed E-state index contributed by atoms with van der Waals surface area (Å²) in [4.78, 5) is 19.5. The van der Waals surface area contributed by atoms with Gasteiger partial charge in [0.05, 0.1) is 0 Å². The Labute approximate surface area is 159 Å². The molecule has 0 atom stereocenters. The number of benzene rings is 2. The summed E-state index contributed by atoms with van der Waals surface area (Å²) in [5, 5.41) is 3.03. The summed E-state index contributed by atoms with van der Waals surface area (Å²) in [6.45, 7) is 4.98. The van der Waals surface area contributed by atoms with Crippen LogP contribution in [-0.4, -0.2) is 17.4 Å². The van der Waals surface area contributed by atoms with Crippen LogP contribution in [0.2, 0.25) is 0 Å². The van der Waals surface area contributed by atoms with Crippen molar-refractivity contribution >= 4 is 23.1 Å². The molecule has 0 aliphatic carbocycles. The number of nitrogens with one attached hydrogen (secondary N) is 1. The lowest BCUT2D eigenvalue weighted by Gasteiger charge is -2.30. The maximum atomic E-state index is 12.8. The van der Waals surface area contributed by atoms with Gasteiger partial charge in [-0.1, -0.05) is 30.3 Å². The molecule has 2 aromatic carbocycles. The molecule has 0 unspecified atom stereocenters. The molecule has 1 aliphatic rings. The molecule has 1 aromatic heterocycles. The van der Waals surface area contributed by atoms with Gasteiger partial charge in [0.15, 0.2) is 0 Å². The summed E-state index contributed by atoms with van der Waals surface area (Å²) >= 11 is 0. The second kappa shape index (κ2) is 7.23. The van der Waals surface area contributed by atoms with Crippen LogP contribution in [0.1, 0.15) is 33.5 Å². The molecular formula is C23H23N3O. The fourth-order valence-corrected chi connectivity index (χ4v) is 3.56. The smallest absolute Gasteiger partial charge is 0.255 e. The fraction of sp³-hybridized carbons (Fsp3) is 0.217. The molecule has 1 aliphatic heterocycles. The number of rotatable bonds is 3. The molecule has 27 heavy (non-hydrogen) atoms. The van der Waals surface area contributed by atoms with Crippen molar-refractivity contribution in [1.29, 1.82) is 0 Å². The molecule has 0 radical (unpaired) electrons.